The minimum Gasteiger partial charge on any atom is -0.397 e. The Morgan fingerprint density at radius 3 is 2.83 bits per heavy atom. The zero-order valence-corrected chi connectivity index (χ0v) is 12.2. The summed E-state index contributed by atoms with van der Waals surface area (Å²) in [5.41, 5.74) is 8.29. The number of carbonyl (C=O) groups is 1. The maximum absolute atomic E-state index is 11.8. The van der Waals surface area contributed by atoms with Gasteiger partial charge in [0.1, 0.15) is 0 Å². The molecule has 1 aliphatic carbocycles. The fourth-order valence-corrected chi connectivity index (χ4v) is 2.76. The number of hydrogen-bond acceptors (Lipinski definition) is 2. The summed E-state index contributed by atoms with van der Waals surface area (Å²) in [5, 5.41) is 2.90. The highest BCUT2D eigenvalue weighted by Gasteiger charge is 2.18. The van der Waals surface area contributed by atoms with E-state index in [1.807, 2.05) is 19.1 Å². The molecule has 0 aromatic heterocycles. The van der Waals surface area contributed by atoms with Crippen molar-refractivity contribution in [2.45, 2.75) is 39.0 Å². The van der Waals surface area contributed by atoms with Crippen LogP contribution in [0.1, 0.15) is 37.7 Å². The van der Waals surface area contributed by atoms with Gasteiger partial charge in [0.25, 0.3) is 0 Å². The van der Waals surface area contributed by atoms with E-state index in [0.717, 1.165) is 22.4 Å². The van der Waals surface area contributed by atoms with Crippen molar-refractivity contribution >= 4 is 33.2 Å². The number of nitrogens with one attached hydrogen (secondary N) is 1. The highest BCUT2D eigenvalue weighted by molar-refractivity contribution is 9.10. The van der Waals surface area contributed by atoms with E-state index < -0.39 is 0 Å². The van der Waals surface area contributed by atoms with Crippen LogP contribution >= 0.6 is 15.9 Å². The summed E-state index contributed by atoms with van der Waals surface area (Å²) in [6, 6.07) is 3.79. The van der Waals surface area contributed by atoms with Gasteiger partial charge in [-0.2, -0.15) is 0 Å². The Labute approximate surface area is 116 Å². The number of aryl methyl sites for hydroxylation is 1. The molecular weight excluding hydrogens is 292 g/mol. The first-order chi connectivity index (χ1) is 8.56. The average Bonchev–Trinajstić information content (AvgIpc) is 2.23. The van der Waals surface area contributed by atoms with Crippen LogP contribution in [-0.4, -0.2) is 5.91 Å². The van der Waals surface area contributed by atoms with E-state index in [0.29, 0.717) is 17.8 Å². The van der Waals surface area contributed by atoms with Crippen molar-refractivity contribution < 1.29 is 4.79 Å². The number of rotatable bonds is 4. The smallest absolute Gasteiger partial charge is 0.224 e. The van der Waals surface area contributed by atoms with E-state index >= 15 is 0 Å². The number of anilines is 2. The summed E-state index contributed by atoms with van der Waals surface area (Å²) in [6.07, 6.45) is 5.48. The fourth-order valence-electron chi connectivity index (χ4n) is 2.19. The Kier molecular flexibility index (Phi) is 4.27. The van der Waals surface area contributed by atoms with Crippen molar-refractivity contribution in [3.8, 4) is 0 Å². The third-order valence-electron chi connectivity index (χ3n) is 3.63. The molecule has 0 aliphatic heterocycles. The maximum Gasteiger partial charge on any atom is 0.224 e. The number of amides is 1. The minimum atomic E-state index is 0.0612. The average molecular weight is 311 g/mol. The molecule has 3 nitrogen and oxygen atoms in total. The van der Waals surface area contributed by atoms with Gasteiger partial charge >= 0.3 is 0 Å². The van der Waals surface area contributed by atoms with Crippen LogP contribution in [0.15, 0.2) is 16.6 Å². The first-order valence-electron chi connectivity index (χ1n) is 6.41. The van der Waals surface area contributed by atoms with Crippen LogP contribution in [0.5, 0.6) is 0 Å². The molecule has 1 amide bonds. The van der Waals surface area contributed by atoms with E-state index in [-0.39, 0.29) is 5.91 Å². The summed E-state index contributed by atoms with van der Waals surface area (Å²) >= 11 is 3.41. The van der Waals surface area contributed by atoms with Crippen molar-refractivity contribution in [3.63, 3.8) is 0 Å². The second-order valence-corrected chi connectivity index (χ2v) is 5.98. The van der Waals surface area contributed by atoms with Crippen LogP contribution in [0.4, 0.5) is 11.4 Å². The lowest BCUT2D eigenvalue weighted by molar-refractivity contribution is -0.116. The summed E-state index contributed by atoms with van der Waals surface area (Å²) in [5.74, 6) is 0.823. The number of hydrogen-bond donors (Lipinski definition) is 2. The second kappa shape index (κ2) is 5.74. The van der Waals surface area contributed by atoms with E-state index in [2.05, 4.69) is 21.2 Å². The summed E-state index contributed by atoms with van der Waals surface area (Å²) in [7, 11) is 0. The molecular formula is C14H19BrN2O. The highest BCUT2D eigenvalue weighted by Crippen LogP contribution is 2.31. The van der Waals surface area contributed by atoms with Crippen molar-refractivity contribution in [1.29, 1.82) is 0 Å². The van der Waals surface area contributed by atoms with Gasteiger partial charge in [-0.3, -0.25) is 4.79 Å². The zero-order valence-electron chi connectivity index (χ0n) is 10.6. The Balaban J connectivity index is 1.93. The van der Waals surface area contributed by atoms with Gasteiger partial charge in [-0.05, 0) is 37.0 Å². The van der Waals surface area contributed by atoms with Crippen LogP contribution < -0.4 is 11.1 Å². The first kappa shape index (κ1) is 13.4. The molecule has 1 aliphatic rings. The first-order valence-corrected chi connectivity index (χ1v) is 7.21. The zero-order chi connectivity index (χ0) is 13.1. The van der Waals surface area contributed by atoms with Gasteiger partial charge in [0.05, 0.1) is 11.4 Å². The fraction of sp³-hybridized carbons (Fsp3) is 0.500. The molecule has 1 fully saturated rings. The van der Waals surface area contributed by atoms with Crippen LogP contribution in [0.2, 0.25) is 0 Å². The van der Waals surface area contributed by atoms with Crippen LogP contribution in [-0.2, 0) is 4.79 Å². The molecule has 0 heterocycles. The Hall–Kier alpha value is -1.03. The van der Waals surface area contributed by atoms with E-state index in [4.69, 9.17) is 5.73 Å². The number of benzene rings is 1. The van der Waals surface area contributed by atoms with Gasteiger partial charge in [0.2, 0.25) is 5.91 Å². The topological polar surface area (TPSA) is 55.1 Å². The Morgan fingerprint density at radius 1 is 1.50 bits per heavy atom. The molecule has 0 radical (unpaired) electrons. The summed E-state index contributed by atoms with van der Waals surface area (Å²) in [4.78, 5) is 11.8. The predicted molar refractivity (Wildman–Crippen MR) is 78.5 cm³/mol. The molecule has 1 aromatic rings. The molecule has 0 saturated heterocycles. The van der Waals surface area contributed by atoms with Gasteiger partial charge in [-0.25, -0.2) is 0 Å². The molecule has 0 bridgehead atoms. The third kappa shape index (κ3) is 3.25. The summed E-state index contributed by atoms with van der Waals surface area (Å²) < 4.78 is 0.934. The van der Waals surface area contributed by atoms with Gasteiger partial charge in [0, 0.05) is 10.9 Å². The van der Waals surface area contributed by atoms with Crippen molar-refractivity contribution in [2.75, 3.05) is 11.1 Å². The van der Waals surface area contributed by atoms with E-state index in [9.17, 15) is 4.79 Å². The molecule has 2 rings (SSSR count). The van der Waals surface area contributed by atoms with Crippen molar-refractivity contribution in [1.82, 2.24) is 0 Å². The molecule has 18 heavy (non-hydrogen) atoms. The van der Waals surface area contributed by atoms with Gasteiger partial charge in [0.15, 0.2) is 0 Å². The van der Waals surface area contributed by atoms with Crippen LogP contribution in [0, 0.1) is 12.8 Å². The molecule has 3 N–H and O–H groups in total. The molecule has 1 saturated carbocycles. The van der Waals surface area contributed by atoms with Crippen molar-refractivity contribution in [2.24, 2.45) is 5.92 Å². The number of nitrogen functional groups attached to an aromatic ring is 1. The SMILES string of the molecule is Cc1cc(Br)cc(NC(=O)CCC2CCC2)c1N. The monoisotopic (exact) mass is 310 g/mol. The molecule has 0 unspecified atom stereocenters. The molecule has 0 atom stereocenters. The molecule has 4 heteroatoms. The Morgan fingerprint density at radius 2 is 2.22 bits per heavy atom. The third-order valence-corrected chi connectivity index (χ3v) is 4.09. The van der Waals surface area contributed by atoms with Crippen LogP contribution in [0.3, 0.4) is 0 Å². The normalized spacial score (nSPS) is 15.2. The quantitative estimate of drug-likeness (QED) is 0.830. The number of carbonyl (C=O) groups excluding carboxylic acids is 1. The van der Waals surface area contributed by atoms with Crippen LogP contribution in [0.25, 0.3) is 0 Å². The van der Waals surface area contributed by atoms with Gasteiger partial charge in [-0.1, -0.05) is 35.2 Å². The van der Waals surface area contributed by atoms with Gasteiger partial charge in [-0.15, -0.1) is 0 Å². The standard InChI is InChI=1S/C14H19BrN2O/c1-9-7-11(15)8-12(14(9)16)17-13(18)6-5-10-3-2-4-10/h7-8,10H,2-6,16H2,1H3,(H,17,18). The van der Waals surface area contributed by atoms with Gasteiger partial charge < -0.3 is 11.1 Å². The number of nitrogens with two attached hydrogens (primary N) is 1. The number of halogens is 1. The second-order valence-electron chi connectivity index (χ2n) is 5.07. The lowest BCUT2D eigenvalue weighted by atomic mass is 9.82. The van der Waals surface area contributed by atoms with E-state index in [1.165, 1.54) is 19.3 Å². The van der Waals surface area contributed by atoms with Crippen molar-refractivity contribution in [3.05, 3.63) is 22.2 Å². The molecule has 98 valence electrons. The lowest BCUT2D eigenvalue weighted by Crippen LogP contribution is -2.17. The largest absolute Gasteiger partial charge is 0.397 e. The highest BCUT2D eigenvalue weighted by atomic mass is 79.9. The minimum absolute atomic E-state index is 0.0612. The summed E-state index contributed by atoms with van der Waals surface area (Å²) in [6.45, 7) is 1.93. The molecule has 1 aromatic carbocycles. The maximum atomic E-state index is 11.8. The molecule has 0 spiro atoms. The lowest BCUT2D eigenvalue weighted by Gasteiger charge is -2.24. The predicted octanol–water partition coefficient (Wildman–Crippen LogP) is 3.86. The Bertz CT molecular complexity index is 455. The van der Waals surface area contributed by atoms with E-state index in [1.54, 1.807) is 0 Å².